The Bertz CT molecular complexity index is 263. The van der Waals surface area contributed by atoms with E-state index < -0.39 is 17.6 Å². The number of carbonyl (C=O) groups is 2. The zero-order valence-electron chi connectivity index (χ0n) is 8.78. The van der Waals surface area contributed by atoms with Crippen LogP contribution in [-0.4, -0.2) is 29.8 Å². The topological polar surface area (TPSA) is 112 Å². The smallest absolute Gasteiger partial charge is 0.418 e. The van der Waals surface area contributed by atoms with E-state index >= 15 is 0 Å². The first-order valence-electron chi connectivity index (χ1n) is 4.40. The van der Waals surface area contributed by atoms with Crippen LogP contribution < -0.4 is 11.5 Å². The Morgan fingerprint density at radius 3 is 2.40 bits per heavy atom. The molecule has 1 radical (unpaired) electrons. The van der Waals surface area contributed by atoms with Gasteiger partial charge in [0, 0.05) is 12.8 Å². The van der Waals surface area contributed by atoms with Gasteiger partial charge in [-0.05, 0) is 13.8 Å². The molecule has 0 aliphatic rings. The van der Waals surface area contributed by atoms with E-state index in [1.807, 2.05) is 0 Å². The van der Waals surface area contributed by atoms with Crippen LogP contribution in [0.15, 0.2) is 0 Å². The first-order chi connectivity index (χ1) is 6.78. The number of carbonyl (C=O) groups excluding carboxylic acids is 3. The van der Waals surface area contributed by atoms with Crippen LogP contribution in [0.4, 0.5) is 0 Å². The normalized spacial score (nSPS) is 13.0. The van der Waals surface area contributed by atoms with Gasteiger partial charge in [0.25, 0.3) is 0 Å². The van der Waals surface area contributed by atoms with Crippen molar-refractivity contribution in [1.29, 1.82) is 0 Å². The van der Waals surface area contributed by atoms with Gasteiger partial charge in [-0.1, -0.05) is 0 Å². The molecule has 0 aliphatic heterocycles. The van der Waals surface area contributed by atoms with Crippen LogP contribution in [0.3, 0.4) is 0 Å². The van der Waals surface area contributed by atoms with E-state index in [1.54, 1.807) is 13.8 Å². The number of ketones is 1. The molecule has 6 heteroatoms. The number of Topliss-reactive ketones (excluding diaryl/α,β-unsaturated/α-hetero) is 1. The standard InChI is InChI=1S/C9H15N2O4/c1-9(2,15-5-12)4-7(13)6(10)3-8(11)14/h6H,3-4,10H2,1-2H3,(H2,11,14). The summed E-state index contributed by atoms with van der Waals surface area (Å²) >= 11 is 0. The molecule has 85 valence electrons. The predicted molar refractivity (Wildman–Crippen MR) is 52.3 cm³/mol. The number of hydrogen-bond donors (Lipinski definition) is 2. The lowest BCUT2D eigenvalue weighted by Gasteiger charge is -2.22. The van der Waals surface area contributed by atoms with E-state index in [0.29, 0.717) is 0 Å². The molecule has 0 heterocycles. The number of hydrogen-bond acceptors (Lipinski definition) is 5. The van der Waals surface area contributed by atoms with Crippen LogP contribution in [0.5, 0.6) is 0 Å². The highest BCUT2D eigenvalue weighted by molar-refractivity contribution is 5.89. The maximum atomic E-state index is 11.4. The van der Waals surface area contributed by atoms with Crippen molar-refractivity contribution >= 4 is 18.2 Å². The van der Waals surface area contributed by atoms with Crippen molar-refractivity contribution in [2.75, 3.05) is 0 Å². The second-order valence-corrected chi connectivity index (χ2v) is 3.87. The lowest BCUT2D eigenvalue weighted by atomic mass is 9.96. The Hall–Kier alpha value is -1.43. The zero-order chi connectivity index (χ0) is 12.1. The molecule has 0 aliphatic carbocycles. The van der Waals surface area contributed by atoms with Crippen molar-refractivity contribution in [2.24, 2.45) is 11.5 Å². The Kier molecular flexibility index (Phi) is 4.93. The highest BCUT2D eigenvalue weighted by Gasteiger charge is 2.27. The van der Waals surface area contributed by atoms with Crippen LogP contribution in [0.2, 0.25) is 0 Å². The molecule has 0 aromatic heterocycles. The van der Waals surface area contributed by atoms with E-state index in [0.717, 1.165) is 0 Å². The van der Waals surface area contributed by atoms with Crippen molar-refractivity contribution in [3.8, 4) is 0 Å². The van der Waals surface area contributed by atoms with Crippen LogP contribution in [0.25, 0.3) is 0 Å². The third-order valence-corrected chi connectivity index (χ3v) is 1.75. The summed E-state index contributed by atoms with van der Waals surface area (Å²) in [4.78, 5) is 31.9. The fraction of sp³-hybridized carbons (Fsp3) is 0.667. The van der Waals surface area contributed by atoms with Gasteiger partial charge in [0.15, 0.2) is 5.78 Å². The van der Waals surface area contributed by atoms with Crippen LogP contribution in [0.1, 0.15) is 26.7 Å². The van der Waals surface area contributed by atoms with E-state index in [9.17, 15) is 14.4 Å². The largest absolute Gasteiger partial charge is 0.451 e. The van der Waals surface area contributed by atoms with Crippen molar-refractivity contribution in [2.45, 2.75) is 38.3 Å². The molecule has 0 spiro atoms. The number of amides is 1. The molecule has 6 nitrogen and oxygen atoms in total. The zero-order valence-corrected chi connectivity index (χ0v) is 8.78. The number of ether oxygens (including phenoxy) is 1. The lowest BCUT2D eigenvalue weighted by Crippen LogP contribution is -2.39. The fourth-order valence-corrected chi connectivity index (χ4v) is 1.03. The van der Waals surface area contributed by atoms with Gasteiger partial charge in [-0.2, -0.15) is 0 Å². The maximum Gasteiger partial charge on any atom is 0.418 e. The molecule has 0 fully saturated rings. The van der Waals surface area contributed by atoms with Gasteiger partial charge in [-0.3, -0.25) is 9.59 Å². The molecule has 0 saturated heterocycles. The second kappa shape index (κ2) is 5.45. The minimum Gasteiger partial charge on any atom is -0.451 e. The molecule has 0 rings (SSSR count). The van der Waals surface area contributed by atoms with Crippen molar-refractivity contribution in [1.82, 2.24) is 0 Å². The van der Waals surface area contributed by atoms with E-state index in [2.05, 4.69) is 4.74 Å². The summed E-state index contributed by atoms with van der Waals surface area (Å²) < 4.78 is 4.56. The first-order valence-corrected chi connectivity index (χ1v) is 4.40. The summed E-state index contributed by atoms with van der Waals surface area (Å²) in [5.41, 5.74) is 9.34. The van der Waals surface area contributed by atoms with Gasteiger partial charge in [0.2, 0.25) is 5.91 Å². The van der Waals surface area contributed by atoms with Gasteiger partial charge in [-0.25, -0.2) is 4.79 Å². The highest BCUT2D eigenvalue weighted by Crippen LogP contribution is 2.14. The minimum atomic E-state index is -0.964. The molecule has 0 bridgehead atoms. The monoisotopic (exact) mass is 215 g/mol. The summed E-state index contributed by atoms with van der Waals surface area (Å²) in [6.07, 6.45) is -0.281. The Balaban J connectivity index is 4.23. The fourth-order valence-electron chi connectivity index (χ4n) is 1.03. The lowest BCUT2D eigenvalue weighted by molar-refractivity contribution is -0.127. The van der Waals surface area contributed by atoms with E-state index in [-0.39, 0.29) is 18.6 Å². The summed E-state index contributed by atoms with van der Waals surface area (Å²) in [5.74, 6) is -1.02. The Labute approximate surface area is 87.9 Å². The van der Waals surface area contributed by atoms with Crippen LogP contribution in [-0.2, 0) is 19.1 Å². The molecule has 1 amide bonds. The van der Waals surface area contributed by atoms with Gasteiger partial charge in [0.05, 0.1) is 6.04 Å². The molecular formula is C9H15N2O4. The maximum absolute atomic E-state index is 11.4. The van der Waals surface area contributed by atoms with Gasteiger partial charge >= 0.3 is 6.47 Å². The number of rotatable bonds is 7. The molecular weight excluding hydrogens is 200 g/mol. The van der Waals surface area contributed by atoms with Crippen molar-refractivity contribution < 1.29 is 19.1 Å². The summed E-state index contributed by atoms with van der Waals surface area (Å²) in [5, 5.41) is 0. The minimum absolute atomic E-state index is 0.0727. The quantitative estimate of drug-likeness (QED) is 0.566. The third-order valence-electron chi connectivity index (χ3n) is 1.75. The van der Waals surface area contributed by atoms with Crippen LogP contribution >= 0.6 is 0 Å². The first kappa shape index (κ1) is 13.6. The molecule has 1 atom stereocenters. The molecule has 4 N–H and O–H groups in total. The van der Waals surface area contributed by atoms with Gasteiger partial charge in [-0.15, -0.1) is 0 Å². The van der Waals surface area contributed by atoms with Crippen LogP contribution in [0, 0.1) is 0 Å². The predicted octanol–water partition coefficient (Wildman–Crippen LogP) is -0.989. The molecule has 1 unspecified atom stereocenters. The van der Waals surface area contributed by atoms with E-state index in [1.165, 1.54) is 6.47 Å². The summed E-state index contributed by atoms with van der Waals surface area (Å²) in [7, 11) is 0. The van der Waals surface area contributed by atoms with E-state index in [4.69, 9.17) is 11.5 Å². The average molecular weight is 215 g/mol. The van der Waals surface area contributed by atoms with Crippen molar-refractivity contribution in [3.05, 3.63) is 0 Å². The second-order valence-electron chi connectivity index (χ2n) is 3.87. The molecule has 0 aromatic rings. The Morgan fingerprint density at radius 1 is 1.47 bits per heavy atom. The summed E-state index contributed by atoms with van der Waals surface area (Å²) in [6.45, 7) is 4.36. The number of primary amides is 1. The molecule has 15 heavy (non-hydrogen) atoms. The SMILES string of the molecule is CC(C)(CC(=O)C(N)CC(N)=O)O[C]=O. The van der Waals surface area contributed by atoms with Gasteiger partial charge < -0.3 is 16.2 Å². The molecule has 0 saturated carbocycles. The Morgan fingerprint density at radius 2 is 2.00 bits per heavy atom. The third kappa shape index (κ3) is 5.79. The summed E-state index contributed by atoms with van der Waals surface area (Å²) in [6, 6.07) is -0.947. The van der Waals surface area contributed by atoms with Gasteiger partial charge in [0.1, 0.15) is 5.60 Å². The average Bonchev–Trinajstić information content (AvgIpc) is 2.01. The van der Waals surface area contributed by atoms with Crippen molar-refractivity contribution in [3.63, 3.8) is 0 Å². The highest BCUT2D eigenvalue weighted by atomic mass is 16.5. The molecule has 0 aromatic carbocycles. The number of nitrogens with two attached hydrogens (primary N) is 2.